The van der Waals surface area contributed by atoms with E-state index >= 15 is 0 Å². The zero-order valence-corrected chi connectivity index (χ0v) is 17.8. The number of methoxy groups -OCH3 is 1. The molecule has 0 aromatic heterocycles. The van der Waals surface area contributed by atoms with E-state index in [0.29, 0.717) is 15.7 Å². The first-order valence-electron chi connectivity index (χ1n) is 8.41. The molecule has 1 fully saturated rings. The van der Waals surface area contributed by atoms with E-state index in [9.17, 15) is 13.2 Å². The van der Waals surface area contributed by atoms with Gasteiger partial charge in [0, 0.05) is 11.6 Å². The summed E-state index contributed by atoms with van der Waals surface area (Å²) in [5, 5.41) is 0.484. The standard InChI is InChI=1S/C20H17ClN2O4S2/c1-3-11-23-19(24)18(13-14-5-4-6-16(12-14)27-2)28-20(23)22-29(25,26)17-9-7-15(21)8-10-17/h3-10,12-13H,1,11H2,2H3/b18-13-,22-20?. The van der Waals surface area contributed by atoms with Crippen LogP contribution in [-0.4, -0.2) is 38.0 Å². The van der Waals surface area contributed by atoms with Gasteiger partial charge in [0.15, 0.2) is 5.17 Å². The fourth-order valence-electron chi connectivity index (χ4n) is 2.51. The van der Waals surface area contributed by atoms with E-state index < -0.39 is 10.0 Å². The van der Waals surface area contributed by atoms with E-state index in [4.69, 9.17) is 16.3 Å². The monoisotopic (exact) mass is 448 g/mol. The summed E-state index contributed by atoms with van der Waals surface area (Å²) in [7, 11) is -2.45. The summed E-state index contributed by atoms with van der Waals surface area (Å²) in [6, 6.07) is 12.9. The van der Waals surface area contributed by atoms with Gasteiger partial charge in [-0.15, -0.1) is 11.0 Å². The molecule has 0 spiro atoms. The van der Waals surface area contributed by atoms with Gasteiger partial charge in [0.1, 0.15) is 5.75 Å². The normalized spacial score (nSPS) is 17.2. The third-order valence-corrected chi connectivity index (χ3v) is 6.56. The van der Waals surface area contributed by atoms with Crippen molar-refractivity contribution >= 4 is 50.5 Å². The van der Waals surface area contributed by atoms with Crippen LogP contribution < -0.4 is 4.74 Å². The molecule has 0 aliphatic carbocycles. The van der Waals surface area contributed by atoms with Gasteiger partial charge in [-0.2, -0.15) is 8.42 Å². The van der Waals surface area contributed by atoms with E-state index in [1.165, 1.54) is 35.2 Å². The number of carbonyl (C=O) groups is 1. The molecule has 0 radical (unpaired) electrons. The molecule has 0 saturated carbocycles. The highest BCUT2D eigenvalue weighted by molar-refractivity contribution is 8.19. The van der Waals surface area contributed by atoms with Crippen molar-refractivity contribution in [1.29, 1.82) is 0 Å². The van der Waals surface area contributed by atoms with Gasteiger partial charge in [-0.1, -0.05) is 29.8 Å². The number of ether oxygens (including phenoxy) is 1. The lowest BCUT2D eigenvalue weighted by Gasteiger charge is -2.12. The molecule has 150 valence electrons. The Balaban J connectivity index is 1.98. The molecule has 1 aliphatic rings. The van der Waals surface area contributed by atoms with Crippen molar-refractivity contribution in [3.05, 3.63) is 76.7 Å². The fraction of sp³-hybridized carbons (Fsp3) is 0.100. The Morgan fingerprint density at radius 1 is 1.24 bits per heavy atom. The predicted molar refractivity (Wildman–Crippen MR) is 117 cm³/mol. The van der Waals surface area contributed by atoms with E-state index in [0.717, 1.165) is 17.3 Å². The minimum Gasteiger partial charge on any atom is -0.497 e. The van der Waals surface area contributed by atoms with E-state index in [1.807, 2.05) is 6.07 Å². The molecule has 0 N–H and O–H groups in total. The lowest BCUT2D eigenvalue weighted by Crippen LogP contribution is -2.29. The number of benzene rings is 2. The second-order valence-electron chi connectivity index (χ2n) is 5.89. The van der Waals surface area contributed by atoms with Gasteiger partial charge in [0.2, 0.25) is 0 Å². The van der Waals surface area contributed by atoms with Crippen molar-refractivity contribution in [2.24, 2.45) is 4.40 Å². The van der Waals surface area contributed by atoms with Crippen molar-refractivity contribution in [1.82, 2.24) is 4.90 Å². The average molecular weight is 449 g/mol. The topological polar surface area (TPSA) is 76.0 Å². The second kappa shape index (κ2) is 8.86. The first-order valence-corrected chi connectivity index (χ1v) is 11.0. The highest BCUT2D eigenvalue weighted by Crippen LogP contribution is 2.34. The van der Waals surface area contributed by atoms with Crippen LogP contribution >= 0.6 is 23.4 Å². The van der Waals surface area contributed by atoms with Crippen LogP contribution in [-0.2, 0) is 14.8 Å². The van der Waals surface area contributed by atoms with Crippen LogP contribution in [0.3, 0.4) is 0 Å². The van der Waals surface area contributed by atoms with E-state index in [-0.39, 0.29) is 22.5 Å². The number of thioether (sulfide) groups is 1. The summed E-state index contributed by atoms with van der Waals surface area (Å²) < 4.78 is 34.4. The molecule has 29 heavy (non-hydrogen) atoms. The Kier molecular flexibility index (Phi) is 6.46. The number of amides is 1. The van der Waals surface area contributed by atoms with Gasteiger partial charge >= 0.3 is 0 Å². The molecule has 1 saturated heterocycles. The Labute approximate surface area is 178 Å². The lowest BCUT2D eigenvalue weighted by atomic mass is 10.2. The van der Waals surface area contributed by atoms with Crippen molar-refractivity contribution in [3.63, 3.8) is 0 Å². The molecule has 0 unspecified atom stereocenters. The van der Waals surface area contributed by atoms with Crippen molar-refractivity contribution in [2.75, 3.05) is 13.7 Å². The number of carbonyl (C=O) groups excluding carboxylic acids is 1. The molecule has 2 aromatic carbocycles. The van der Waals surface area contributed by atoms with E-state index in [1.54, 1.807) is 31.4 Å². The zero-order valence-electron chi connectivity index (χ0n) is 15.4. The van der Waals surface area contributed by atoms with Crippen LogP contribution in [0.5, 0.6) is 5.75 Å². The third kappa shape index (κ3) is 4.90. The minimum absolute atomic E-state index is 0.00812. The number of halogens is 1. The lowest BCUT2D eigenvalue weighted by molar-refractivity contribution is -0.121. The molecule has 1 heterocycles. The average Bonchev–Trinajstić information content (AvgIpc) is 2.97. The van der Waals surface area contributed by atoms with Crippen LogP contribution in [0.4, 0.5) is 0 Å². The molecule has 9 heteroatoms. The molecular weight excluding hydrogens is 432 g/mol. The minimum atomic E-state index is -4.01. The highest BCUT2D eigenvalue weighted by atomic mass is 35.5. The molecule has 0 atom stereocenters. The Morgan fingerprint density at radius 2 is 1.97 bits per heavy atom. The highest BCUT2D eigenvalue weighted by Gasteiger charge is 2.34. The molecule has 6 nitrogen and oxygen atoms in total. The van der Waals surface area contributed by atoms with Gasteiger partial charge in [0.25, 0.3) is 15.9 Å². The van der Waals surface area contributed by atoms with Crippen LogP contribution in [0.2, 0.25) is 5.02 Å². The maximum Gasteiger partial charge on any atom is 0.284 e. The Hall–Kier alpha value is -2.55. The van der Waals surface area contributed by atoms with Crippen molar-refractivity contribution in [2.45, 2.75) is 4.90 Å². The zero-order chi connectivity index (χ0) is 21.0. The van der Waals surface area contributed by atoms with Crippen LogP contribution in [0.1, 0.15) is 5.56 Å². The number of amidine groups is 1. The fourth-order valence-corrected chi connectivity index (χ4v) is 4.83. The molecular formula is C20H17ClN2O4S2. The van der Waals surface area contributed by atoms with Crippen LogP contribution in [0.25, 0.3) is 6.08 Å². The third-order valence-electron chi connectivity index (χ3n) is 3.90. The summed E-state index contributed by atoms with van der Waals surface area (Å²) in [6.45, 7) is 3.77. The molecule has 2 aromatic rings. The quantitative estimate of drug-likeness (QED) is 0.489. The summed E-state index contributed by atoms with van der Waals surface area (Å²) in [4.78, 5) is 14.4. The summed E-state index contributed by atoms with van der Waals surface area (Å²) in [6.07, 6.45) is 3.18. The first-order chi connectivity index (χ1) is 13.8. The van der Waals surface area contributed by atoms with Crippen LogP contribution in [0, 0.1) is 0 Å². The maximum absolute atomic E-state index is 12.8. The van der Waals surface area contributed by atoms with Gasteiger partial charge in [0.05, 0.1) is 16.9 Å². The van der Waals surface area contributed by atoms with Crippen molar-refractivity contribution < 1.29 is 17.9 Å². The molecule has 0 bridgehead atoms. The van der Waals surface area contributed by atoms with Gasteiger partial charge in [-0.3, -0.25) is 9.69 Å². The number of nitrogens with zero attached hydrogens (tertiary/aromatic N) is 2. The van der Waals surface area contributed by atoms with Crippen LogP contribution in [0.15, 0.2) is 75.4 Å². The van der Waals surface area contributed by atoms with E-state index in [2.05, 4.69) is 11.0 Å². The maximum atomic E-state index is 12.8. The number of sulfonamides is 1. The second-order valence-corrected chi connectivity index (χ2v) is 8.94. The predicted octanol–water partition coefficient (Wildman–Crippen LogP) is 4.20. The molecule has 3 rings (SSSR count). The molecule has 1 aliphatic heterocycles. The number of rotatable bonds is 6. The van der Waals surface area contributed by atoms with Gasteiger partial charge in [-0.05, 0) is 59.8 Å². The first kappa shape index (κ1) is 21.2. The van der Waals surface area contributed by atoms with Gasteiger partial charge in [-0.25, -0.2) is 0 Å². The number of hydrogen-bond donors (Lipinski definition) is 0. The number of hydrogen-bond acceptors (Lipinski definition) is 5. The van der Waals surface area contributed by atoms with Crippen molar-refractivity contribution in [3.8, 4) is 5.75 Å². The smallest absolute Gasteiger partial charge is 0.284 e. The Morgan fingerprint density at radius 3 is 2.62 bits per heavy atom. The largest absolute Gasteiger partial charge is 0.497 e. The summed E-state index contributed by atoms with van der Waals surface area (Å²) in [5.74, 6) is 0.305. The molecule has 1 amide bonds. The summed E-state index contributed by atoms with van der Waals surface area (Å²) in [5.41, 5.74) is 0.751. The van der Waals surface area contributed by atoms with Gasteiger partial charge < -0.3 is 4.74 Å². The Bertz CT molecular complexity index is 1110. The SMILES string of the molecule is C=CCN1C(=O)/C(=C/c2cccc(OC)c2)SC1=NS(=O)(=O)c1ccc(Cl)cc1. The summed E-state index contributed by atoms with van der Waals surface area (Å²) >= 11 is 6.81.